The quantitative estimate of drug-likeness (QED) is 0.643. The Hall–Kier alpha value is -1.82. The molecule has 1 fully saturated rings. The number of benzene rings is 1. The standard InChI is InChI=1S/C13H15ClN2O4/c1-7-5-11(16(19)20)9(14)6-10(7)15-13(2,12(17)18)8-3-4-8/h5-6,8,15H,3-4H2,1-2H3,(H,17,18). The SMILES string of the molecule is Cc1cc([N+](=O)[O-])c(Cl)cc1NC(C)(C(=O)O)C1CC1. The Labute approximate surface area is 120 Å². The summed E-state index contributed by atoms with van der Waals surface area (Å²) >= 11 is 5.87. The van der Waals surface area contributed by atoms with E-state index in [1.54, 1.807) is 13.8 Å². The summed E-state index contributed by atoms with van der Waals surface area (Å²) in [6.45, 7) is 3.31. The zero-order valence-electron chi connectivity index (χ0n) is 11.1. The number of aliphatic carboxylic acids is 1. The molecule has 0 heterocycles. The maximum atomic E-state index is 11.5. The Kier molecular flexibility index (Phi) is 3.60. The molecule has 0 aliphatic heterocycles. The van der Waals surface area contributed by atoms with Gasteiger partial charge in [0.15, 0.2) is 0 Å². The van der Waals surface area contributed by atoms with Gasteiger partial charge in [-0.1, -0.05) is 11.6 Å². The molecule has 0 bridgehead atoms. The number of aryl methyl sites for hydroxylation is 1. The molecule has 0 amide bonds. The Morgan fingerprint density at radius 2 is 2.15 bits per heavy atom. The molecule has 1 unspecified atom stereocenters. The van der Waals surface area contributed by atoms with Gasteiger partial charge in [-0.05, 0) is 44.2 Å². The number of carboxylic acids is 1. The first-order valence-electron chi connectivity index (χ1n) is 6.22. The molecule has 2 N–H and O–H groups in total. The lowest BCUT2D eigenvalue weighted by Gasteiger charge is -2.28. The lowest BCUT2D eigenvalue weighted by Crippen LogP contribution is -2.45. The van der Waals surface area contributed by atoms with E-state index in [1.807, 2.05) is 0 Å². The third-order valence-electron chi connectivity index (χ3n) is 3.72. The van der Waals surface area contributed by atoms with E-state index < -0.39 is 16.4 Å². The summed E-state index contributed by atoms with van der Waals surface area (Å²) < 4.78 is 0. The zero-order chi connectivity index (χ0) is 15.1. The molecule has 1 aliphatic rings. The van der Waals surface area contributed by atoms with Gasteiger partial charge in [0.25, 0.3) is 5.69 Å². The van der Waals surface area contributed by atoms with Crippen LogP contribution in [0.1, 0.15) is 25.3 Å². The first-order valence-corrected chi connectivity index (χ1v) is 6.59. The van der Waals surface area contributed by atoms with Crippen LogP contribution in [0.15, 0.2) is 12.1 Å². The third kappa shape index (κ3) is 2.56. The molecule has 0 saturated heterocycles. The highest BCUT2D eigenvalue weighted by Gasteiger charge is 2.47. The lowest BCUT2D eigenvalue weighted by molar-refractivity contribution is -0.384. The summed E-state index contributed by atoms with van der Waals surface area (Å²) in [5.74, 6) is -0.873. The summed E-state index contributed by atoms with van der Waals surface area (Å²) in [6.07, 6.45) is 1.71. The molecule has 0 radical (unpaired) electrons. The fraction of sp³-hybridized carbons (Fsp3) is 0.462. The second kappa shape index (κ2) is 4.94. The van der Waals surface area contributed by atoms with Crippen LogP contribution in [0.2, 0.25) is 5.02 Å². The van der Waals surface area contributed by atoms with E-state index in [0.29, 0.717) is 11.3 Å². The van der Waals surface area contributed by atoms with E-state index in [-0.39, 0.29) is 16.6 Å². The van der Waals surface area contributed by atoms with Crippen molar-refractivity contribution < 1.29 is 14.8 Å². The van der Waals surface area contributed by atoms with E-state index in [4.69, 9.17) is 11.6 Å². The minimum absolute atomic E-state index is 0.00774. The van der Waals surface area contributed by atoms with Gasteiger partial charge in [0.1, 0.15) is 10.6 Å². The number of nitro groups is 1. The Bertz CT molecular complexity index is 586. The van der Waals surface area contributed by atoms with Crippen molar-refractivity contribution in [3.05, 3.63) is 32.8 Å². The van der Waals surface area contributed by atoms with Crippen molar-refractivity contribution in [3.8, 4) is 0 Å². The highest BCUT2D eigenvalue weighted by atomic mass is 35.5. The molecule has 0 spiro atoms. The van der Waals surface area contributed by atoms with Crippen LogP contribution in [0.4, 0.5) is 11.4 Å². The van der Waals surface area contributed by atoms with Gasteiger partial charge in [0, 0.05) is 11.8 Å². The second-order valence-corrected chi connectivity index (χ2v) is 5.69. The number of carboxylic acid groups (broad SMARTS) is 1. The minimum Gasteiger partial charge on any atom is -0.480 e. The lowest BCUT2D eigenvalue weighted by atomic mass is 9.95. The predicted molar refractivity (Wildman–Crippen MR) is 75.2 cm³/mol. The third-order valence-corrected chi connectivity index (χ3v) is 4.03. The molecule has 1 aromatic rings. The van der Waals surface area contributed by atoms with Crippen LogP contribution in [-0.4, -0.2) is 21.5 Å². The molecule has 0 aromatic heterocycles. The number of rotatable bonds is 5. The van der Waals surface area contributed by atoms with Crippen molar-refractivity contribution in [3.63, 3.8) is 0 Å². The molecular weight excluding hydrogens is 284 g/mol. The molecule has 2 rings (SSSR count). The molecule has 1 saturated carbocycles. The number of hydrogen-bond donors (Lipinski definition) is 2. The summed E-state index contributed by atoms with van der Waals surface area (Å²) in [5, 5.41) is 23.2. The van der Waals surface area contributed by atoms with Crippen molar-refractivity contribution in [2.75, 3.05) is 5.32 Å². The molecule has 20 heavy (non-hydrogen) atoms. The smallest absolute Gasteiger partial charge is 0.329 e. The number of hydrogen-bond acceptors (Lipinski definition) is 4. The summed E-state index contributed by atoms with van der Waals surface area (Å²) in [6, 6.07) is 2.76. The fourth-order valence-corrected chi connectivity index (χ4v) is 2.44. The van der Waals surface area contributed by atoms with Gasteiger partial charge in [0.05, 0.1) is 4.92 Å². The average molecular weight is 299 g/mol. The summed E-state index contributed by atoms with van der Waals surface area (Å²) in [5.41, 5.74) is -0.158. The average Bonchev–Trinajstić information content (AvgIpc) is 3.16. The van der Waals surface area contributed by atoms with Crippen molar-refractivity contribution in [2.45, 2.75) is 32.2 Å². The molecular formula is C13H15ClN2O4. The zero-order valence-corrected chi connectivity index (χ0v) is 11.9. The van der Waals surface area contributed by atoms with Crippen LogP contribution in [0, 0.1) is 23.0 Å². The van der Waals surface area contributed by atoms with Crippen LogP contribution in [0.25, 0.3) is 0 Å². The normalized spacial score (nSPS) is 17.4. The molecule has 1 aliphatic carbocycles. The van der Waals surface area contributed by atoms with Gasteiger partial charge in [-0.15, -0.1) is 0 Å². The van der Waals surface area contributed by atoms with E-state index in [9.17, 15) is 20.0 Å². The largest absolute Gasteiger partial charge is 0.480 e. The number of anilines is 1. The Morgan fingerprint density at radius 1 is 1.55 bits per heavy atom. The van der Waals surface area contributed by atoms with Crippen molar-refractivity contribution in [2.24, 2.45) is 5.92 Å². The van der Waals surface area contributed by atoms with Gasteiger partial charge >= 0.3 is 5.97 Å². The first-order chi connectivity index (χ1) is 9.25. The van der Waals surface area contributed by atoms with Crippen LogP contribution in [0.5, 0.6) is 0 Å². The second-order valence-electron chi connectivity index (χ2n) is 5.28. The number of carbonyl (C=O) groups is 1. The number of halogens is 1. The van der Waals surface area contributed by atoms with Gasteiger partial charge < -0.3 is 10.4 Å². The van der Waals surface area contributed by atoms with Crippen LogP contribution >= 0.6 is 11.6 Å². The van der Waals surface area contributed by atoms with Gasteiger partial charge in [-0.3, -0.25) is 10.1 Å². The van der Waals surface area contributed by atoms with Gasteiger partial charge in [-0.25, -0.2) is 4.79 Å². The summed E-state index contributed by atoms with van der Waals surface area (Å²) in [4.78, 5) is 21.7. The predicted octanol–water partition coefficient (Wildman–Crippen LogP) is 3.22. The van der Waals surface area contributed by atoms with E-state index in [2.05, 4.69) is 5.32 Å². The Balaban J connectivity index is 2.36. The van der Waals surface area contributed by atoms with E-state index >= 15 is 0 Å². The highest BCUT2D eigenvalue weighted by molar-refractivity contribution is 6.33. The number of nitrogens with zero attached hydrogens (tertiary/aromatic N) is 1. The van der Waals surface area contributed by atoms with E-state index in [0.717, 1.165) is 12.8 Å². The topological polar surface area (TPSA) is 92.5 Å². The monoisotopic (exact) mass is 298 g/mol. The van der Waals surface area contributed by atoms with Crippen LogP contribution in [-0.2, 0) is 4.79 Å². The van der Waals surface area contributed by atoms with Crippen molar-refractivity contribution in [1.29, 1.82) is 0 Å². The Morgan fingerprint density at radius 3 is 2.60 bits per heavy atom. The van der Waals surface area contributed by atoms with Crippen molar-refractivity contribution in [1.82, 2.24) is 0 Å². The van der Waals surface area contributed by atoms with Gasteiger partial charge in [-0.2, -0.15) is 0 Å². The van der Waals surface area contributed by atoms with E-state index in [1.165, 1.54) is 12.1 Å². The molecule has 108 valence electrons. The molecule has 7 heteroatoms. The fourth-order valence-electron chi connectivity index (χ4n) is 2.21. The summed E-state index contributed by atoms with van der Waals surface area (Å²) in [7, 11) is 0. The maximum Gasteiger partial charge on any atom is 0.329 e. The molecule has 6 nitrogen and oxygen atoms in total. The van der Waals surface area contributed by atoms with Crippen LogP contribution < -0.4 is 5.32 Å². The highest BCUT2D eigenvalue weighted by Crippen LogP contribution is 2.42. The van der Waals surface area contributed by atoms with Crippen LogP contribution in [0.3, 0.4) is 0 Å². The number of nitro benzene ring substituents is 1. The van der Waals surface area contributed by atoms with Gasteiger partial charge in [0.2, 0.25) is 0 Å². The van der Waals surface area contributed by atoms with Crippen molar-refractivity contribution >= 4 is 28.9 Å². The minimum atomic E-state index is -1.08. The maximum absolute atomic E-state index is 11.5. The first kappa shape index (κ1) is 14.6. The number of nitrogens with one attached hydrogen (secondary N) is 1. The molecule has 1 aromatic carbocycles. The molecule has 1 atom stereocenters.